The lowest BCUT2D eigenvalue weighted by molar-refractivity contribution is 0.0707. The third-order valence-electron chi connectivity index (χ3n) is 4.71. The maximum atomic E-state index is 13.8. The summed E-state index contributed by atoms with van der Waals surface area (Å²) in [5.74, 6) is -0.345. The van der Waals surface area contributed by atoms with Gasteiger partial charge in [0.05, 0.1) is 36.4 Å². The molecular formula is C22H23N3O6S. The summed E-state index contributed by atoms with van der Waals surface area (Å²) in [6.07, 6.45) is 3.12. The van der Waals surface area contributed by atoms with Crippen LogP contribution < -0.4 is 14.5 Å². The van der Waals surface area contributed by atoms with Gasteiger partial charge in [-0.25, -0.2) is 13.9 Å². The number of rotatable bonds is 9. The molecule has 0 aliphatic carbocycles. The van der Waals surface area contributed by atoms with E-state index in [1.807, 2.05) is 0 Å². The van der Waals surface area contributed by atoms with Crippen molar-refractivity contribution in [3.63, 3.8) is 0 Å². The van der Waals surface area contributed by atoms with Gasteiger partial charge in [-0.3, -0.25) is 19.3 Å². The fourth-order valence-corrected chi connectivity index (χ4v) is 4.73. The standard InChI is InChI=1S/C22H23N3O6S/c1-30-15-17-6-3-7-20(22(26)24-27)21(17)25(14-16-5-4-12-23-13-16)32(28,29)19-10-8-18(31-2)9-11-19/h3-13,27H,14-15H2,1-2H3,(H,24,26). The van der Waals surface area contributed by atoms with Crippen molar-refractivity contribution in [2.45, 2.75) is 18.0 Å². The van der Waals surface area contributed by atoms with Crippen molar-refractivity contribution in [1.82, 2.24) is 10.5 Å². The van der Waals surface area contributed by atoms with Crippen LogP contribution in [0.1, 0.15) is 21.5 Å². The monoisotopic (exact) mass is 457 g/mol. The van der Waals surface area contributed by atoms with Crippen molar-refractivity contribution in [2.24, 2.45) is 0 Å². The molecule has 168 valence electrons. The van der Waals surface area contributed by atoms with Crippen molar-refractivity contribution in [3.05, 3.63) is 83.7 Å². The van der Waals surface area contributed by atoms with Crippen LogP contribution in [0.2, 0.25) is 0 Å². The topological polar surface area (TPSA) is 118 Å². The molecule has 10 heteroatoms. The Kier molecular flexibility index (Phi) is 7.41. The average molecular weight is 458 g/mol. The highest BCUT2D eigenvalue weighted by Crippen LogP contribution is 2.33. The van der Waals surface area contributed by atoms with Gasteiger partial charge in [-0.1, -0.05) is 18.2 Å². The Bertz CT molecular complexity index is 1170. The van der Waals surface area contributed by atoms with Crippen LogP contribution in [0.4, 0.5) is 5.69 Å². The number of para-hydroxylation sites is 1. The number of ether oxygens (including phenoxy) is 2. The smallest absolute Gasteiger partial charge is 0.276 e. The number of carbonyl (C=O) groups is 1. The summed E-state index contributed by atoms with van der Waals surface area (Å²) in [5, 5.41) is 9.26. The molecule has 1 amide bonds. The molecule has 32 heavy (non-hydrogen) atoms. The SMILES string of the molecule is COCc1cccc(C(=O)NO)c1N(Cc1cccnc1)S(=O)(=O)c1ccc(OC)cc1. The Labute approximate surface area is 186 Å². The van der Waals surface area contributed by atoms with Crippen molar-refractivity contribution in [3.8, 4) is 5.75 Å². The molecule has 9 nitrogen and oxygen atoms in total. The van der Waals surface area contributed by atoms with Gasteiger partial charge in [0.2, 0.25) is 0 Å². The third-order valence-corrected chi connectivity index (χ3v) is 6.47. The predicted octanol–water partition coefficient (Wildman–Crippen LogP) is 2.75. The Morgan fingerprint density at radius 3 is 2.44 bits per heavy atom. The maximum absolute atomic E-state index is 13.8. The van der Waals surface area contributed by atoms with Gasteiger partial charge >= 0.3 is 0 Å². The largest absolute Gasteiger partial charge is 0.497 e. The molecule has 1 heterocycles. The van der Waals surface area contributed by atoms with E-state index in [-0.39, 0.29) is 29.3 Å². The van der Waals surface area contributed by atoms with Gasteiger partial charge in [0.25, 0.3) is 15.9 Å². The Morgan fingerprint density at radius 1 is 1.09 bits per heavy atom. The molecule has 2 aromatic carbocycles. The van der Waals surface area contributed by atoms with Crippen molar-refractivity contribution >= 4 is 21.6 Å². The zero-order valence-electron chi connectivity index (χ0n) is 17.6. The normalized spacial score (nSPS) is 11.1. The fraction of sp³-hybridized carbons (Fsp3) is 0.182. The summed E-state index contributed by atoms with van der Waals surface area (Å²) in [4.78, 5) is 16.5. The first-order valence-corrected chi connectivity index (χ1v) is 11.0. The van der Waals surface area contributed by atoms with Gasteiger partial charge in [-0.2, -0.15) is 0 Å². The quantitative estimate of drug-likeness (QED) is 0.375. The molecule has 0 radical (unpaired) electrons. The maximum Gasteiger partial charge on any atom is 0.276 e. The molecule has 0 fully saturated rings. The number of nitrogens with zero attached hydrogens (tertiary/aromatic N) is 2. The second-order valence-corrected chi connectivity index (χ2v) is 8.60. The highest BCUT2D eigenvalue weighted by Gasteiger charge is 2.31. The molecule has 1 aromatic heterocycles. The first kappa shape index (κ1) is 23.2. The number of carbonyl (C=O) groups excluding carboxylic acids is 1. The number of pyridine rings is 1. The van der Waals surface area contributed by atoms with Crippen molar-refractivity contribution in [1.29, 1.82) is 0 Å². The molecule has 0 aliphatic rings. The summed E-state index contributed by atoms with van der Waals surface area (Å²) in [6, 6.07) is 14.0. The number of methoxy groups -OCH3 is 2. The highest BCUT2D eigenvalue weighted by molar-refractivity contribution is 7.92. The van der Waals surface area contributed by atoms with Gasteiger partial charge in [-0.05, 0) is 42.0 Å². The van der Waals surface area contributed by atoms with Gasteiger partial charge in [0.1, 0.15) is 5.75 Å². The van der Waals surface area contributed by atoms with E-state index < -0.39 is 15.9 Å². The van der Waals surface area contributed by atoms with Crippen LogP contribution in [0.5, 0.6) is 5.75 Å². The number of anilines is 1. The summed E-state index contributed by atoms with van der Waals surface area (Å²) in [5.41, 5.74) is 2.72. The Hall–Kier alpha value is -3.47. The number of amides is 1. The molecule has 0 bridgehead atoms. The minimum absolute atomic E-state index is 0.00441. The van der Waals surface area contributed by atoms with Crippen LogP contribution in [-0.4, -0.2) is 38.7 Å². The molecule has 0 aliphatic heterocycles. The van der Waals surface area contributed by atoms with Crippen LogP contribution in [0.3, 0.4) is 0 Å². The lowest BCUT2D eigenvalue weighted by Gasteiger charge is -2.28. The number of sulfonamides is 1. The van der Waals surface area contributed by atoms with Gasteiger partial charge in [0, 0.05) is 25.1 Å². The van der Waals surface area contributed by atoms with Crippen LogP contribution >= 0.6 is 0 Å². The molecule has 0 saturated carbocycles. The average Bonchev–Trinajstić information content (AvgIpc) is 2.83. The van der Waals surface area contributed by atoms with E-state index in [2.05, 4.69) is 4.98 Å². The molecule has 0 spiro atoms. The Balaban J connectivity index is 2.25. The van der Waals surface area contributed by atoms with Crippen molar-refractivity contribution in [2.75, 3.05) is 18.5 Å². The van der Waals surface area contributed by atoms with E-state index in [0.717, 1.165) is 4.31 Å². The van der Waals surface area contributed by atoms with Crippen LogP contribution in [0.25, 0.3) is 0 Å². The lowest BCUT2D eigenvalue weighted by atomic mass is 10.1. The Morgan fingerprint density at radius 2 is 1.84 bits per heavy atom. The van der Waals surface area contributed by atoms with Gasteiger partial charge < -0.3 is 9.47 Å². The highest BCUT2D eigenvalue weighted by atomic mass is 32.2. The number of aromatic nitrogens is 1. The zero-order chi connectivity index (χ0) is 23.1. The number of hydrogen-bond donors (Lipinski definition) is 2. The molecule has 2 N–H and O–H groups in total. The number of hydroxylamine groups is 1. The predicted molar refractivity (Wildman–Crippen MR) is 117 cm³/mol. The first-order valence-electron chi connectivity index (χ1n) is 9.53. The van der Waals surface area contributed by atoms with Gasteiger partial charge in [0.15, 0.2) is 0 Å². The van der Waals surface area contributed by atoms with Crippen LogP contribution in [0.15, 0.2) is 71.9 Å². The van der Waals surface area contributed by atoms with E-state index in [0.29, 0.717) is 16.9 Å². The molecule has 0 atom stereocenters. The van der Waals surface area contributed by atoms with E-state index in [1.54, 1.807) is 42.1 Å². The van der Waals surface area contributed by atoms with Crippen LogP contribution in [-0.2, 0) is 27.9 Å². The number of nitrogens with one attached hydrogen (secondary N) is 1. The summed E-state index contributed by atoms with van der Waals surface area (Å²) < 4.78 is 39.1. The minimum atomic E-state index is -4.15. The van der Waals surface area contributed by atoms with E-state index in [4.69, 9.17) is 9.47 Å². The second kappa shape index (κ2) is 10.2. The fourth-order valence-electron chi connectivity index (χ4n) is 3.22. The first-order chi connectivity index (χ1) is 15.4. The van der Waals surface area contributed by atoms with E-state index in [1.165, 1.54) is 44.6 Å². The second-order valence-electron chi connectivity index (χ2n) is 6.74. The summed E-state index contributed by atoms with van der Waals surface area (Å²) in [6.45, 7) is -0.0573. The van der Waals surface area contributed by atoms with Gasteiger partial charge in [-0.15, -0.1) is 0 Å². The molecule has 0 saturated heterocycles. The van der Waals surface area contributed by atoms with Crippen LogP contribution in [0, 0.1) is 0 Å². The summed E-state index contributed by atoms with van der Waals surface area (Å²) in [7, 11) is -1.20. The molecular weight excluding hydrogens is 434 g/mol. The van der Waals surface area contributed by atoms with E-state index >= 15 is 0 Å². The number of benzene rings is 2. The third kappa shape index (κ3) is 4.88. The van der Waals surface area contributed by atoms with E-state index in [9.17, 15) is 18.4 Å². The molecule has 3 rings (SSSR count). The molecule has 3 aromatic rings. The number of hydrogen-bond acceptors (Lipinski definition) is 7. The zero-order valence-corrected chi connectivity index (χ0v) is 18.4. The lowest BCUT2D eigenvalue weighted by Crippen LogP contribution is -2.34. The summed E-state index contributed by atoms with van der Waals surface area (Å²) >= 11 is 0. The van der Waals surface area contributed by atoms with Crippen molar-refractivity contribution < 1.29 is 27.9 Å². The minimum Gasteiger partial charge on any atom is -0.497 e. The molecule has 0 unspecified atom stereocenters.